The molecule has 0 aliphatic carbocycles. The SMILES string of the molecule is Cl.N[C@H](CCO)c1ccc2cc(O)ccc2c1. The van der Waals surface area contributed by atoms with Crippen LogP contribution in [0.3, 0.4) is 0 Å². The topological polar surface area (TPSA) is 66.5 Å². The highest BCUT2D eigenvalue weighted by atomic mass is 35.5. The Kier molecular flexibility index (Phi) is 4.75. The zero-order valence-electron chi connectivity index (χ0n) is 9.34. The van der Waals surface area contributed by atoms with Crippen LogP contribution >= 0.6 is 12.4 Å². The Labute approximate surface area is 106 Å². The van der Waals surface area contributed by atoms with Crippen molar-refractivity contribution in [3.63, 3.8) is 0 Å². The summed E-state index contributed by atoms with van der Waals surface area (Å²) in [5.74, 6) is 0.264. The number of aliphatic hydroxyl groups excluding tert-OH is 1. The first-order valence-corrected chi connectivity index (χ1v) is 5.30. The molecule has 92 valence electrons. The van der Waals surface area contributed by atoms with E-state index in [0.717, 1.165) is 16.3 Å². The highest BCUT2D eigenvalue weighted by Crippen LogP contribution is 2.23. The maximum Gasteiger partial charge on any atom is 0.116 e. The molecule has 2 aromatic rings. The van der Waals surface area contributed by atoms with Gasteiger partial charge in [-0.1, -0.05) is 18.2 Å². The van der Waals surface area contributed by atoms with Crippen LogP contribution < -0.4 is 5.73 Å². The van der Waals surface area contributed by atoms with E-state index in [1.807, 2.05) is 24.3 Å². The highest BCUT2D eigenvalue weighted by molar-refractivity contribution is 5.85. The molecule has 0 unspecified atom stereocenters. The highest BCUT2D eigenvalue weighted by Gasteiger charge is 2.05. The van der Waals surface area contributed by atoms with Gasteiger partial charge in [0.1, 0.15) is 5.75 Å². The molecule has 0 saturated heterocycles. The summed E-state index contributed by atoms with van der Waals surface area (Å²) >= 11 is 0. The van der Waals surface area contributed by atoms with Crippen LogP contribution in [-0.4, -0.2) is 16.8 Å². The molecule has 0 saturated carbocycles. The molecule has 1 atom stereocenters. The normalized spacial score (nSPS) is 12.1. The minimum atomic E-state index is -0.136. The van der Waals surface area contributed by atoms with E-state index >= 15 is 0 Å². The number of hydrogen-bond acceptors (Lipinski definition) is 3. The van der Waals surface area contributed by atoms with Crippen molar-refractivity contribution in [2.45, 2.75) is 12.5 Å². The molecule has 0 amide bonds. The van der Waals surface area contributed by atoms with E-state index in [4.69, 9.17) is 10.8 Å². The van der Waals surface area contributed by atoms with Gasteiger partial charge in [-0.15, -0.1) is 12.4 Å². The van der Waals surface area contributed by atoms with Crippen LogP contribution in [-0.2, 0) is 0 Å². The first-order valence-electron chi connectivity index (χ1n) is 5.30. The quantitative estimate of drug-likeness (QED) is 0.787. The van der Waals surface area contributed by atoms with Crippen LogP contribution in [0.15, 0.2) is 36.4 Å². The summed E-state index contributed by atoms with van der Waals surface area (Å²) < 4.78 is 0. The van der Waals surface area contributed by atoms with Gasteiger partial charge < -0.3 is 15.9 Å². The van der Waals surface area contributed by atoms with E-state index in [2.05, 4.69) is 0 Å². The lowest BCUT2D eigenvalue weighted by atomic mass is 10.0. The fourth-order valence-electron chi connectivity index (χ4n) is 1.79. The maximum absolute atomic E-state index is 9.34. The van der Waals surface area contributed by atoms with Crippen molar-refractivity contribution in [3.05, 3.63) is 42.0 Å². The Hall–Kier alpha value is -1.29. The monoisotopic (exact) mass is 253 g/mol. The van der Waals surface area contributed by atoms with E-state index in [-0.39, 0.29) is 30.8 Å². The van der Waals surface area contributed by atoms with Gasteiger partial charge in [0.2, 0.25) is 0 Å². The lowest BCUT2D eigenvalue weighted by Gasteiger charge is -2.11. The van der Waals surface area contributed by atoms with Gasteiger partial charge in [-0.3, -0.25) is 0 Å². The number of aromatic hydroxyl groups is 1. The zero-order chi connectivity index (χ0) is 11.5. The predicted octanol–water partition coefficient (Wildman–Crippen LogP) is 2.35. The minimum absolute atomic E-state index is 0. The third-order valence-electron chi connectivity index (χ3n) is 2.72. The summed E-state index contributed by atoms with van der Waals surface area (Å²) in [6.07, 6.45) is 0.559. The Bertz CT molecular complexity index is 502. The first-order chi connectivity index (χ1) is 7.70. The molecule has 0 spiro atoms. The molecule has 0 aromatic heterocycles. The minimum Gasteiger partial charge on any atom is -0.508 e. The molecule has 4 N–H and O–H groups in total. The Morgan fingerprint density at radius 2 is 1.71 bits per heavy atom. The zero-order valence-corrected chi connectivity index (χ0v) is 10.2. The van der Waals surface area contributed by atoms with Gasteiger partial charge >= 0.3 is 0 Å². The molecule has 4 heteroatoms. The van der Waals surface area contributed by atoms with Crippen LogP contribution in [0.25, 0.3) is 10.8 Å². The molecular weight excluding hydrogens is 238 g/mol. The predicted molar refractivity (Wildman–Crippen MR) is 71.5 cm³/mol. The Balaban J connectivity index is 0.00000144. The van der Waals surface area contributed by atoms with Crippen molar-refractivity contribution in [2.24, 2.45) is 5.73 Å². The number of fused-ring (bicyclic) bond motifs is 1. The van der Waals surface area contributed by atoms with Gasteiger partial charge in [0.25, 0.3) is 0 Å². The van der Waals surface area contributed by atoms with Gasteiger partial charge in [-0.05, 0) is 41.0 Å². The van der Waals surface area contributed by atoms with E-state index < -0.39 is 0 Å². The van der Waals surface area contributed by atoms with Crippen molar-refractivity contribution in [2.75, 3.05) is 6.61 Å². The van der Waals surface area contributed by atoms with Crippen LogP contribution in [0, 0.1) is 0 Å². The number of phenols is 1. The summed E-state index contributed by atoms with van der Waals surface area (Å²) in [5.41, 5.74) is 6.92. The summed E-state index contributed by atoms with van der Waals surface area (Å²) in [6.45, 7) is 0.0920. The number of hydrogen-bond donors (Lipinski definition) is 3. The summed E-state index contributed by atoms with van der Waals surface area (Å²) in [4.78, 5) is 0. The van der Waals surface area contributed by atoms with Crippen molar-refractivity contribution >= 4 is 23.2 Å². The standard InChI is InChI=1S/C13H15NO2.ClH/c14-13(5-6-15)11-2-1-10-8-12(16)4-3-9(10)7-11;/h1-4,7-8,13,15-16H,5-6,14H2;1H/t13-;/m1./s1. The number of benzene rings is 2. The Morgan fingerprint density at radius 1 is 1.06 bits per heavy atom. The largest absolute Gasteiger partial charge is 0.508 e. The average molecular weight is 254 g/mol. The van der Waals surface area contributed by atoms with E-state index in [1.165, 1.54) is 0 Å². The molecule has 2 aromatic carbocycles. The summed E-state index contributed by atoms with van der Waals surface area (Å²) in [7, 11) is 0. The molecular formula is C13H16ClNO2. The van der Waals surface area contributed by atoms with E-state index in [0.29, 0.717) is 6.42 Å². The fraction of sp³-hybridized carbons (Fsp3) is 0.231. The smallest absolute Gasteiger partial charge is 0.116 e. The van der Waals surface area contributed by atoms with E-state index in [9.17, 15) is 5.11 Å². The second-order valence-electron chi connectivity index (χ2n) is 3.91. The molecule has 0 aliphatic heterocycles. The van der Waals surface area contributed by atoms with Crippen LogP contribution in [0.1, 0.15) is 18.0 Å². The summed E-state index contributed by atoms with van der Waals surface area (Å²) in [5, 5.41) is 20.2. The van der Waals surface area contributed by atoms with Crippen LogP contribution in [0.5, 0.6) is 5.75 Å². The van der Waals surface area contributed by atoms with Crippen molar-refractivity contribution < 1.29 is 10.2 Å². The van der Waals surface area contributed by atoms with E-state index in [1.54, 1.807) is 12.1 Å². The number of phenolic OH excluding ortho intramolecular Hbond substituents is 1. The van der Waals surface area contributed by atoms with Crippen molar-refractivity contribution in [3.8, 4) is 5.75 Å². The number of halogens is 1. The average Bonchev–Trinajstić information content (AvgIpc) is 2.28. The molecule has 2 rings (SSSR count). The first kappa shape index (κ1) is 13.8. The van der Waals surface area contributed by atoms with Gasteiger partial charge in [-0.25, -0.2) is 0 Å². The molecule has 0 radical (unpaired) electrons. The number of aliphatic hydroxyl groups is 1. The van der Waals surface area contributed by atoms with Crippen molar-refractivity contribution in [1.29, 1.82) is 0 Å². The number of nitrogens with two attached hydrogens (primary N) is 1. The van der Waals surface area contributed by atoms with Gasteiger partial charge in [0, 0.05) is 12.6 Å². The second kappa shape index (κ2) is 5.87. The third-order valence-corrected chi connectivity index (χ3v) is 2.72. The van der Waals surface area contributed by atoms with Gasteiger partial charge in [0.05, 0.1) is 0 Å². The summed E-state index contributed by atoms with van der Waals surface area (Å²) in [6, 6.07) is 11.0. The molecule has 0 fully saturated rings. The molecule has 3 nitrogen and oxygen atoms in total. The lowest BCUT2D eigenvalue weighted by molar-refractivity contribution is 0.276. The van der Waals surface area contributed by atoms with Crippen LogP contribution in [0.2, 0.25) is 0 Å². The Morgan fingerprint density at radius 3 is 2.41 bits per heavy atom. The molecule has 0 bridgehead atoms. The molecule has 0 heterocycles. The third kappa shape index (κ3) is 3.09. The maximum atomic E-state index is 9.34. The molecule has 0 aliphatic rings. The van der Waals surface area contributed by atoms with Crippen LogP contribution in [0.4, 0.5) is 0 Å². The second-order valence-corrected chi connectivity index (χ2v) is 3.91. The number of rotatable bonds is 3. The molecule has 17 heavy (non-hydrogen) atoms. The van der Waals surface area contributed by atoms with Gasteiger partial charge in [0.15, 0.2) is 0 Å². The van der Waals surface area contributed by atoms with Crippen molar-refractivity contribution in [1.82, 2.24) is 0 Å². The fourth-order valence-corrected chi connectivity index (χ4v) is 1.79. The lowest BCUT2D eigenvalue weighted by Crippen LogP contribution is -2.11. The van der Waals surface area contributed by atoms with Gasteiger partial charge in [-0.2, -0.15) is 0 Å².